The second-order valence-electron chi connectivity index (χ2n) is 4.72. The van der Waals surface area contributed by atoms with Gasteiger partial charge >= 0.3 is 5.97 Å². The second kappa shape index (κ2) is 5.32. The molecule has 0 saturated heterocycles. The van der Waals surface area contributed by atoms with Gasteiger partial charge in [-0.2, -0.15) is 0 Å². The van der Waals surface area contributed by atoms with Gasteiger partial charge in [-0.25, -0.2) is 4.79 Å². The third-order valence-electron chi connectivity index (χ3n) is 3.32. The van der Waals surface area contributed by atoms with Gasteiger partial charge in [-0.15, -0.1) is 0 Å². The molecule has 21 heavy (non-hydrogen) atoms. The number of carbonyl (C=O) groups is 2. The lowest BCUT2D eigenvalue weighted by Crippen LogP contribution is -2.18. The van der Waals surface area contributed by atoms with E-state index in [-0.39, 0.29) is 23.8 Å². The molecule has 0 aliphatic carbocycles. The zero-order valence-corrected chi connectivity index (χ0v) is 11.1. The maximum Gasteiger partial charge on any atom is 0.339 e. The minimum absolute atomic E-state index is 0.0150. The largest absolute Gasteiger partial charge is 0.486 e. The number of aryl methyl sites for hydroxylation is 1. The van der Waals surface area contributed by atoms with Gasteiger partial charge in [0, 0.05) is 18.2 Å². The van der Waals surface area contributed by atoms with Crippen molar-refractivity contribution >= 4 is 17.6 Å². The maximum absolute atomic E-state index is 11.4. The van der Waals surface area contributed by atoms with E-state index in [2.05, 4.69) is 5.32 Å². The van der Waals surface area contributed by atoms with Crippen molar-refractivity contribution in [3.8, 4) is 5.75 Å². The molecule has 1 aromatic heterocycles. The minimum Gasteiger partial charge on any atom is -0.486 e. The summed E-state index contributed by atoms with van der Waals surface area (Å²) in [7, 11) is 0. The van der Waals surface area contributed by atoms with Crippen molar-refractivity contribution in [2.75, 3.05) is 5.32 Å². The van der Waals surface area contributed by atoms with E-state index in [1.165, 1.54) is 12.3 Å². The van der Waals surface area contributed by atoms with Crippen LogP contribution < -0.4 is 10.1 Å². The van der Waals surface area contributed by atoms with Crippen LogP contribution in [0.15, 0.2) is 34.9 Å². The number of hydrogen-bond acceptors (Lipinski definition) is 4. The summed E-state index contributed by atoms with van der Waals surface area (Å²) in [4.78, 5) is 22.3. The van der Waals surface area contributed by atoms with Crippen LogP contribution in [0.3, 0.4) is 0 Å². The number of anilines is 1. The lowest BCUT2D eigenvalue weighted by Gasteiger charge is -2.17. The number of furan rings is 1. The number of amides is 1. The Balaban J connectivity index is 1.74. The minimum atomic E-state index is -1.06. The molecular weight excluding hydrogens is 274 g/mol. The molecule has 2 N–H and O–H groups in total. The molecule has 2 aromatic rings. The number of benzene rings is 1. The number of carboxylic acid groups (broad SMARTS) is 1. The molecule has 0 radical (unpaired) electrons. The SMILES string of the molecule is O=C1CCc2ccc(OCc3occc3C(=O)O)cc2N1. The maximum atomic E-state index is 11.4. The Morgan fingerprint density at radius 3 is 3.00 bits per heavy atom. The molecule has 2 heterocycles. The number of ether oxygens (including phenoxy) is 1. The van der Waals surface area contributed by atoms with Gasteiger partial charge in [0.2, 0.25) is 5.91 Å². The van der Waals surface area contributed by atoms with Gasteiger partial charge in [-0.3, -0.25) is 4.79 Å². The Morgan fingerprint density at radius 1 is 1.33 bits per heavy atom. The predicted molar refractivity (Wildman–Crippen MR) is 73.4 cm³/mol. The average molecular weight is 287 g/mol. The van der Waals surface area contributed by atoms with E-state index in [1.54, 1.807) is 12.1 Å². The van der Waals surface area contributed by atoms with Crippen molar-refractivity contribution in [3.63, 3.8) is 0 Å². The number of fused-ring (bicyclic) bond motifs is 1. The highest BCUT2D eigenvalue weighted by Crippen LogP contribution is 2.27. The molecule has 0 bridgehead atoms. The molecule has 6 nitrogen and oxygen atoms in total. The molecule has 0 unspecified atom stereocenters. The highest BCUT2D eigenvalue weighted by molar-refractivity contribution is 5.94. The van der Waals surface area contributed by atoms with E-state index in [4.69, 9.17) is 14.3 Å². The van der Waals surface area contributed by atoms with Crippen LogP contribution in [0.1, 0.15) is 28.1 Å². The van der Waals surface area contributed by atoms with Gasteiger partial charge in [0.25, 0.3) is 0 Å². The van der Waals surface area contributed by atoms with Gasteiger partial charge in [0.1, 0.15) is 17.9 Å². The third kappa shape index (κ3) is 2.74. The smallest absolute Gasteiger partial charge is 0.339 e. The van der Waals surface area contributed by atoms with Crippen LogP contribution in [-0.4, -0.2) is 17.0 Å². The van der Waals surface area contributed by atoms with E-state index >= 15 is 0 Å². The van der Waals surface area contributed by atoms with E-state index in [0.717, 1.165) is 11.3 Å². The van der Waals surface area contributed by atoms with Crippen LogP contribution in [-0.2, 0) is 17.8 Å². The quantitative estimate of drug-likeness (QED) is 0.901. The Morgan fingerprint density at radius 2 is 2.19 bits per heavy atom. The predicted octanol–water partition coefficient (Wildman–Crippen LogP) is 2.44. The van der Waals surface area contributed by atoms with Crippen molar-refractivity contribution in [3.05, 3.63) is 47.4 Å². The highest BCUT2D eigenvalue weighted by Gasteiger charge is 2.16. The van der Waals surface area contributed by atoms with Crippen LogP contribution >= 0.6 is 0 Å². The fourth-order valence-electron chi connectivity index (χ4n) is 2.23. The molecule has 1 aliphatic heterocycles. The first-order valence-electron chi connectivity index (χ1n) is 6.49. The first-order chi connectivity index (χ1) is 10.1. The topological polar surface area (TPSA) is 88.8 Å². The van der Waals surface area contributed by atoms with Gasteiger partial charge in [-0.05, 0) is 24.1 Å². The summed E-state index contributed by atoms with van der Waals surface area (Å²) in [6, 6.07) is 6.80. The summed E-state index contributed by atoms with van der Waals surface area (Å²) < 4.78 is 10.6. The highest BCUT2D eigenvalue weighted by atomic mass is 16.5. The zero-order chi connectivity index (χ0) is 14.8. The number of carbonyl (C=O) groups excluding carboxylic acids is 1. The monoisotopic (exact) mass is 287 g/mol. The molecule has 3 rings (SSSR count). The van der Waals surface area contributed by atoms with Crippen LogP contribution in [0.5, 0.6) is 5.75 Å². The summed E-state index contributed by atoms with van der Waals surface area (Å²) in [5, 5.41) is 11.8. The lowest BCUT2D eigenvalue weighted by molar-refractivity contribution is -0.116. The summed E-state index contributed by atoms with van der Waals surface area (Å²) in [5.74, 6) is -0.271. The van der Waals surface area contributed by atoms with Crippen molar-refractivity contribution < 1.29 is 23.8 Å². The van der Waals surface area contributed by atoms with Crippen LogP contribution in [0.4, 0.5) is 5.69 Å². The first-order valence-corrected chi connectivity index (χ1v) is 6.49. The summed E-state index contributed by atoms with van der Waals surface area (Å²) in [6.45, 7) is 0.0152. The molecule has 108 valence electrons. The van der Waals surface area contributed by atoms with Crippen LogP contribution in [0.25, 0.3) is 0 Å². The summed E-state index contributed by atoms with van der Waals surface area (Å²) >= 11 is 0. The summed E-state index contributed by atoms with van der Waals surface area (Å²) in [5.41, 5.74) is 1.88. The Hall–Kier alpha value is -2.76. The molecule has 1 aromatic carbocycles. The Kier molecular flexibility index (Phi) is 3.35. The zero-order valence-electron chi connectivity index (χ0n) is 11.1. The van der Waals surface area contributed by atoms with E-state index in [9.17, 15) is 9.59 Å². The van der Waals surface area contributed by atoms with Crippen molar-refractivity contribution in [2.24, 2.45) is 0 Å². The van der Waals surface area contributed by atoms with E-state index in [1.807, 2.05) is 6.07 Å². The molecule has 1 aliphatic rings. The van der Waals surface area contributed by atoms with E-state index in [0.29, 0.717) is 18.6 Å². The Bertz CT molecular complexity index is 704. The molecule has 1 amide bonds. The van der Waals surface area contributed by atoms with Crippen molar-refractivity contribution in [2.45, 2.75) is 19.4 Å². The molecule has 0 saturated carbocycles. The van der Waals surface area contributed by atoms with Gasteiger partial charge in [-0.1, -0.05) is 6.07 Å². The first kappa shape index (κ1) is 13.2. The fourth-order valence-corrected chi connectivity index (χ4v) is 2.23. The molecule has 0 spiro atoms. The van der Waals surface area contributed by atoms with Crippen molar-refractivity contribution in [1.82, 2.24) is 0 Å². The lowest BCUT2D eigenvalue weighted by atomic mass is 10.0. The second-order valence-corrected chi connectivity index (χ2v) is 4.72. The molecular formula is C15H13NO5. The fraction of sp³-hybridized carbons (Fsp3) is 0.200. The number of carboxylic acids is 1. The molecule has 6 heteroatoms. The number of aromatic carboxylic acids is 1. The normalized spacial score (nSPS) is 13.4. The standard InChI is InChI=1S/C15H13NO5/c17-14-4-2-9-1-3-10(7-12(9)16-14)21-8-13-11(15(18)19)5-6-20-13/h1,3,5-7H,2,4,8H2,(H,16,17)(H,18,19). The average Bonchev–Trinajstić information content (AvgIpc) is 2.93. The van der Waals surface area contributed by atoms with E-state index < -0.39 is 5.97 Å². The molecule has 0 atom stereocenters. The number of nitrogens with one attached hydrogen (secondary N) is 1. The third-order valence-corrected chi connectivity index (χ3v) is 3.32. The van der Waals surface area contributed by atoms with Crippen molar-refractivity contribution in [1.29, 1.82) is 0 Å². The van der Waals surface area contributed by atoms with Crippen LogP contribution in [0, 0.1) is 0 Å². The van der Waals surface area contributed by atoms with Crippen LogP contribution in [0.2, 0.25) is 0 Å². The van der Waals surface area contributed by atoms with Gasteiger partial charge in [0.05, 0.1) is 6.26 Å². The Labute approximate surface area is 120 Å². The summed E-state index contributed by atoms with van der Waals surface area (Å²) in [6.07, 6.45) is 2.51. The van der Waals surface area contributed by atoms with Gasteiger partial charge in [0.15, 0.2) is 5.76 Å². The number of hydrogen-bond donors (Lipinski definition) is 2. The number of rotatable bonds is 4. The molecule has 0 fully saturated rings. The van der Waals surface area contributed by atoms with Gasteiger partial charge < -0.3 is 19.6 Å².